The van der Waals surface area contributed by atoms with Crippen LogP contribution in [0.2, 0.25) is 8.87 Å². The molecule has 25 heavy (non-hydrogen) atoms. The average Bonchev–Trinajstić information content (AvgIpc) is 2.61. The zero-order valence-corrected chi connectivity index (χ0v) is 19.2. The van der Waals surface area contributed by atoms with Gasteiger partial charge in [0.2, 0.25) is 0 Å². The Morgan fingerprint density at radius 1 is 1.12 bits per heavy atom. The molecule has 4 N–H and O–H groups in total. The predicted octanol–water partition coefficient (Wildman–Crippen LogP) is 3.15. The summed E-state index contributed by atoms with van der Waals surface area (Å²) in [5.41, 5.74) is 0.930. The maximum atomic E-state index is 10.7. The first kappa shape index (κ1) is 24.4. The second-order valence-corrected chi connectivity index (χ2v) is 10.7. The first-order valence-electron chi connectivity index (χ1n) is 9.35. The van der Waals surface area contributed by atoms with Crippen LogP contribution in [0, 0.1) is 0 Å². The van der Waals surface area contributed by atoms with Gasteiger partial charge in [0.1, 0.15) is 0 Å². The van der Waals surface area contributed by atoms with Crippen molar-refractivity contribution in [1.29, 1.82) is 0 Å². The van der Waals surface area contributed by atoms with Crippen molar-refractivity contribution in [3.8, 4) is 0 Å². The number of hydrogen-bond donors (Lipinski definition) is 0. The molecule has 1 aromatic rings. The molecule has 0 aliphatic carbocycles. The Balaban J connectivity index is 0.000000547. The fraction of sp³-hybridized carbons (Fsp3) is 0.650. The Morgan fingerprint density at radius 3 is 2.08 bits per heavy atom. The average molecular weight is 458 g/mol. The maximum absolute atomic E-state index is 10.7. The van der Waals surface area contributed by atoms with Gasteiger partial charge in [0, 0.05) is 10.4 Å². The van der Waals surface area contributed by atoms with Gasteiger partial charge in [-0.05, 0) is 14.0 Å². The summed E-state index contributed by atoms with van der Waals surface area (Å²) in [6, 6.07) is 9.45. The van der Waals surface area contributed by atoms with Gasteiger partial charge in [-0.2, -0.15) is 0 Å². The quantitative estimate of drug-likeness (QED) is 0.291. The molecule has 1 rings (SSSR count). The van der Waals surface area contributed by atoms with E-state index in [2.05, 4.69) is 13.8 Å². The summed E-state index contributed by atoms with van der Waals surface area (Å²) in [5, 5.41) is 15.0. The van der Waals surface area contributed by atoms with Gasteiger partial charge in [-0.25, -0.2) is 0 Å². The third-order valence-electron chi connectivity index (χ3n) is 4.14. The van der Waals surface area contributed by atoms with Gasteiger partial charge in [0.05, 0.1) is 6.04 Å². The molecule has 0 radical (unpaired) electrons. The van der Waals surface area contributed by atoms with Crippen molar-refractivity contribution in [3.63, 3.8) is 0 Å². The molecule has 4 nitrogen and oxygen atoms in total. The molecule has 0 amide bonds. The molecular formula is C20H37NO3Sn+4. The molecule has 2 atom stereocenters. The molecule has 1 aromatic carbocycles. The molecule has 0 fully saturated rings. The normalized spacial score (nSPS) is 12.7. The van der Waals surface area contributed by atoms with E-state index in [0.29, 0.717) is 0 Å². The first-order chi connectivity index (χ1) is 11.9. The van der Waals surface area contributed by atoms with Crippen molar-refractivity contribution in [3.05, 3.63) is 35.9 Å². The van der Waals surface area contributed by atoms with E-state index >= 15 is 0 Å². The monoisotopic (exact) mass is 459 g/mol. The second-order valence-electron chi connectivity index (χ2n) is 6.42. The standard InChI is InChI=1S/C12H17NO3.2C4H9.Sn/c1-9(13(2)8-11(14)15)12(16)10-6-4-3-5-7-10;2*1-3-4-2;/h3-7,9,12,16H,8H2,1-2H3,(H,14,15);2*1,3-4H2,2H3;/q;;;+2/p+2. The van der Waals surface area contributed by atoms with E-state index in [-0.39, 0.29) is 33.7 Å². The van der Waals surface area contributed by atoms with Crippen LogP contribution in [0.5, 0.6) is 0 Å². The zero-order chi connectivity index (χ0) is 19.1. The van der Waals surface area contributed by atoms with Crippen LogP contribution in [0.25, 0.3) is 0 Å². The van der Waals surface area contributed by atoms with Crippen molar-refractivity contribution in [2.24, 2.45) is 0 Å². The number of unbranched alkanes of at least 4 members (excludes halogenated alkanes) is 2. The number of nitrogens with zero attached hydrogens (tertiary/aromatic N) is 1. The van der Waals surface area contributed by atoms with E-state index in [9.17, 15) is 4.79 Å². The molecule has 140 valence electrons. The molecule has 0 aliphatic rings. The van der Waals surface area contributed by atoms with E-state index in [1.54, 1.807) is 20.8 Å². The molecule has 0 spiro atoms. The van der Waals surface area contributed by atoms with E-state index in [1.165, 1.54) is 25.7 Å². The Bertz CT molecular complexity index is 436. The zero-order valence-electron chi connectivity index (χ0n) is 16.3. The number of carbonyl (C=O) groups is 1. The van der Waals surface area contributed by atoms with Crippen LogP contribution in [0.15, 0.2) is 30.3 Å². The topological polar surface area (TPSA) is 66.1 Å². The van der Waals surface area contributed by atoms with Gasteiger partial charge in [0.25, 0.3) is 0 Å². The van der Waals surface area contributed by atoms with Gasteiger partial charge < -0.3 is 10.2 Å². The molecule has 0 heterocycles. The molecule has 0 bridgehead atoms. The minimum absolute atomic E-state index is 0.0728. The fourth-order valence-corrected chi connectivity index (χ4v) is 6.45. The van der Waals surface area contributed by atoms with Crippen molar-refractivity contribution in [1.82, 2.24) is 4.90 Å². The summed E-state index contributed by atoms with van der Waals surface area (Å²) in [4.78, 5) is 12.4. The van der Waals surface area contributed by atoms with Crippen molar-refractivity contribution in [2.75, 3.05) is 13.6 Å². The number of hydrogen-bond acceptors (Lipinski definition) is 2. The van der Waals surface area contributed by atoms with Crippen molar-refractivity contribution < 1.29 is 15.0 Å². The van der Waals surface area contributed by atoms with Crippen LogP contribution in [0.1, 0.15) is 58.1 Å². The Morgan fingerprint density at radius 2 is 1.64 bits per heavy atom. The summed E-state index contributed by atoms with van der Waals surface area (Å²) in [5.74, 6) is -0.616. The molecule has 0 saturated heterocycles. The van der Waals surface area contributed by atoms with E-state index in [1.807, 2.05) is 37.3 Å². The molecule has 0 aromatic heterocycles. The van der Waals surface area contributed by atoms with Gasteiger partial charge in [0.15, 0.2) is 12.6 Å². The van der Waals surface area contributed by atoms with E-state index in [4.69, 9.17) is 10.2 Å². The van der Waals surface area contributed by atoms with Crippen LogP contribution in [-0.2, 0) is 4.79 Å². The van der Waals surface area contributed by atoms with Crippen LogP contribution in [0.3, 0.4) is 0 Å². The van der Waals surface area contributed by atoms with Crippen molar-refractivity contribution >= 4 is 27.1 Å². The first-order valence-corrected chi connectivity index (χ1v) is 13.4. The van der Waals surface area contributed by atoms with E-state index < -0.39 is 12.1 Å². The summed E-state index contributed by atoms with van der Waals surface area (Å²) in [7, 11) is 1.77. The van der Waals surface area contributed by atoms with Gasteiger partial charge in [-0.1, -0.05) is 30.3 Å². The van der Waals surface area contributed by atoms with Crippen LogP contribution >= 0.6 is 0 Å². The summed E-state index contributed by atoms with van der Waals surface area (Å²) in [6.45, 7) is 6.55. The number of likely N-dealkylation sites (N-methyl/N-ethyl adjacent to an activating group) is 1. The summed E-state index contributed by atoms with van der Waals surface area (Å²) in [6.07, 6.45) is 5.44. The Hall–Kier alpha value is -0.591. The third kappa shape index (κ3) is 12.4. The van der Waals surface area contributed by atoms with Gasteiger partial charge in [-0.3, -0.25) is 4.90 Å². The Kier molecular flexibility index (Phi) is 15.3. The minimum atomic E-state index is -0.616. The summed E-state index contributed by atoms with van der Waals surface area (Å²) >= 11 is 0.149. The molecule has 5 heteroatoms. The molecule has 0 aliphatic heterocycles. The Labute approximate surface area is 163 Å². The fourth-order valence-electron chi connectivity index (χ4n) is 2.29. The number of carbonyl (C=O) groups excluding carboxylic acids is 1. The molecule has 2 unspecified atom stereocenters. The number of rotatable bonds is 11. The number of benzene rings is 1. The third-order valence-corrected chi connectivity index (χ3v) is 8.18. The SMILES string of the molecule is CC(C([OH2+])c1ccccc1)N(C)CC(=O)[OH2+].CCC[CH2][Sn+2][CH2]CCC. The van der Waals surface area contributed by atoms with Crippen LogP contribution in [-0.4, -0.2) is 61.9 Å². The van der Waals surface area contributed by atoms with Crippen molar-refractivity contribution in [2.45, 2.75) is 67.5 Å². The van der Waals surface area contributed by atoms with Crippen LogP contribution < -0.4 is 0 Å². The molecule has 0 saturated carbocycles. The van der Waals surface area contributed by atoms with Gasteiger partial charge in [-0.15, -0.1) is 0 Å². The predicted molar refractivity (Wildman–Crippen MR) is 109 cm³/mol. The van der Waals surface area contributed by atoms with Crippen LogP contribution in [0.4, 0.5) is 0 Å². The second kappa shape index (κ2) is 15.6. The molecular weight excluding hydrogens is 421 g/mol. The summed E-state index contributed by atoms with van der Waals surface area (Å²) < 4.78 is 3.25. The van der Waals surface area contributed by atoms with Gasteiger partial charge >= 0.3 is 75.5 Å². The van der Waals surface area contributed by atoms with E-state index in [0.717, 1.165) is 5.56 Å².